The van der Waals surface area contributed by atoms with Gasteiger partial charge >= 0.3 is 0 Å². The molecule has 1 N–H and O–H groups in total. The smallest absolute Gasteiger partial charge is 0.294 e. The number of carbonyl (C=O) groups is 3. The molecule has 9 heteroatoms. The first-order valence-corrected chi connectivity index (χ1v) is 10.5. The zero-order valence-electron chi connectivity index (χ0n) is 18.5. The van der Waals surface area contributed by atoms with Crippen LogP contribution in [0.4, 0.5) is 10.5 Å². The van der Waals surface area contributed by atoms with Gasteiger partial charge in [0.2, 0.25) is 5.91 Å². The van der Waals surface area contributed by atoms with Crippen LogP contribution in [0.2, 0.25) is 0 Å². The van der Waals surface area contributed by atoms with Crippen LogP contribution in [-0.4, -0.2) is 49.8 Å². The van der Waals surface area contributed by atoms with Crippen molar-refractivity contribution in [1.82, 2.24) is 4.90 Å². The van der Waals surface area contributed by atoms with Crippen molar-refractivity contribution in [2.75, 3.05) is 33.2 Å². The van der Waals surface area contributed by atoms with E-state index in [4.69, 9.17) is 14.2 Å². The quantitative estimate of drug-likeness (QED) is 0.629. The van der Waals surface area contributed by atoms with Crippen LogP contribution in [0.15, 0.2) is 35.2 Å². The van der Waals surface area contributed by atoms with E-state index in [2.05, 4.69) is 5.32 Å². The van der Waals surface area contributed by atoms with Crippen LogP contribution in [0.3, 0.4) is 0 Å². The molecule has 0 spiro atoms. The zero-order valence-corrected chi connectivity index (χ0v) is 19.3. The average molecular weight is 457 g/mol. The third-order valence-electron chi connectivity index (χ3n) is 4.94. The van der Waals surface area contributed by atoms with E-state index in [0.29, 0.717) is 28.5 Å². The lowest BCUT2D eigenvalue weighted by atomic mass is 10.1. The van der Waals surface area contributed by atoms with Crippen LogP contribution >= 0.6 is 11.8 Å². The minimum atomic E-state index is -0.548. The van der Waals surface area contributed by atoms with Crippen LogP contribution in [-0.2, 0) is 9.59 Å². The van der Waals surface area contributed by atoms with Gasteiger partial charge in [-0.2, -0.15) is 0 Å². The molecule has 32 heavy (non-hydrogen) atoms. The summed E-state index contributed by atoms with van der Waals surface area (Å²) in [6.07, 6.45) is 1.54. The van der Waals surface area contributed by atoms with E-state index in [1.807, 2.05) is 32.0 Å². The van der Waals surface area contributed by atoms with Crippen molar-refractivity contribution in [3.05, 3.63) is 51.9 Å². The second-order valence-corrected chi connectivity index (χ2v) is 8.03. The normalized spacial score (nSPS) is 14.7. The summed E-state index contributed by atoms with van der Waals surface area (Å²) in [5.74, 6) is 0.370. The van der Waals surface area contributed by atoms with Gasteiger partial charge < -0.3 is 19.5 Å². The Bertz CT molecular complexity index is 1090. The monoisotopic (exact) mass is 456 g/mol. The molecule has 1 fully saturated rings. The zero-order chi connectivity index (χ0) is 23.4. The molecule has 0 radical (unpaired) electrons. The second-order valence-electron chi connectivity index (χ2n) is 7.03. The number of rotatable bonds is 7. The molecule has 0 atom stereocenters. The molecule has 0 saturated carbocycles. The number of ether oxygens (including phenoxy) is 3. The van der Waals surface area contributed by atoms with E-state index in [9.17, 15) is 14.4 Å². The summed E-state index contributed by atoms with van der Waals surface area (Å²) in [7, 11) is 4.49. The number of aryl methyl sites for hydroxylation is 2. The number of nitrogens with one attached hydrogen (secondary N) is 1. The summed E-state index contributed by atoms with van der Waals surface area (Å²) in [6.45, 7) is 3.38. The summed E-state index contributed by atoms with van der Waals surface area (Å²) in [6, 6.07) is 8.93. The Morgan fingerprint density at radius 3 is 2.19 bits per heavy atom. The maximum atomic E-state index is 12.9. The van der Waals surface area contributed by atoms with Crippen molar-refractivity contribution in [1.29, 1.82) is 0 Å². The predicted molar refractivity (Wildman–Crippen MR) is 123 cm³/mol. The van der Waals surface area contributed by atoms with Crippen molar-refractivity contribution in [2.24, 2.45) is 0 Å². The van der Waals surface area contributed by atoms with E-state index in [0.717, 1.165) is 27.8 Å². The van der Waals surface area contributed by atoms with Gasteiger partial charge in [-0.25, -0.2) is 0 Å². The maximum absolute atomic E-state index is 12.9. The molecule has 168 valence electrons. The molecule has 2 aromatic rings. The minimum absolute atomic E-state index is 0.181. The van der Waals surface area contributed by atoms with Gasteiger partial charge in [0.15, 0.2) is 11.5 Å². The average Bonchev–Trinajstić information content (AvgIpc) is 3.03. The van der Waals surface area contributed by atoms with E-state index < -0.39 is 17.1 Å². The highest BCUT2D eigenvalue weighted by Crippen LogP contribution is 2.38. The van der Waals surface area contributed by atoms with E-state index >= 15 is 0 Å². The molecule has 3 rings (SSSR count). The van der Waals surface area contributed by atoms with Crippen molar-refractivity contribution >= 4 is 40.6 Å². The summed E-state index contributed by atoms with van der Waals surface area (Å²) >= 11 is 0.765. The van der Waals surface area contributed by atoms with E-state index in [1.54, 1.807) is 12.1 Å². The number of hydrogen-bond acceptors (Lipinski definition) is 7. The second kappa shape index (κ2) is 9.78. The first-order valence-electron chi connectivity index (χ1n) is 9.70. The Morgan fingerprint density at radius 2 is 1.59 bits per heavy atom. The Hall–Kier alpha value is -3.46. The molecule has 0 aromatic heterocycles. The third-order valence-corrected chi connectivity index (χ3v) is 5.85. The van der Waals surface area contributed by atoms with Crippen LogP contribution in [0.5, 0.6) is 17.2 Å². The lowest BCUT2D eigenvalue weighted by molar-refractivity contribution is -0.127. The van der Waals surface area contributed by atoms with E-state index in [1.165, 1.54) is 27.4 Å². The maximum Gasteiger partial charge on any atom is 0.294 e. The Morgan fingerprint density at radius 1 is 1.00 bits per heavy atom. The highest BCUT2D eigenvalue weighted by atomic mass is 32.2. The molecule has 0 aliphatic carbocycles. The van der Waals surface area contributed by atoms with Gasteiger partial charge in [0.1, 0.15) is 12.3 Å². The number of amides is 3. The number of imide groups is 1. The van der Waals surface area contributed by atoms with Gasteiger partial charge in [0.25, 0.3) is 11.1 Å². The van der Waals surface area contributed by atoms with Gasteiger partial charge in [-0.1, -0.05) is 18.2 Å². The number of carbonyl (C=O) groups excluding carboxylic acids is 3. The summed E-state index contributed by atoms with van der Waals surface area (Å²) in [5, 5.41) is 2.28. The highest BCUT2D eigenvalue weighted by Gasteiger charge is 2.36. The molecular weight excluding hydrogens is 432 g/mol. The molecule has 1 heterocycles. The van der Waals surface area contributed by atoms with Gasteiger partial charge in [0, 0.05) is 17.3 Å². The lowest BCUT2D eigenvalue weighted by Gasteiger charge is -2.15. The summed E-state index contributed by atoms with van der Waals surface area (Å²) in [4.78, 5) is 39.0. The Labute approximate surface area is 190 Å². The first-order chi connectivity index (χ1) is 15.3. The summed E-state index contributed by atoms with van der Waals surface area (Å²) < 4.78 is 15.9. The number of methoxy groups -OCH3 is 3. The topological polar surface area (TPSA) is 94.2 Å². The Balaban J connectivity index is 1.82. The van der Waals surface area contributed by atoms with Crippen molar-refractivity contribution in [2.45, 2.75) is 13.8 Å². The predicted octanol–water partition coefficient (Wildman–Crippen LogP) is 4.00. The molecule has 1 aliphatic heterocycles. The molecule has 8 nitrogen and oxygen atoms in total. The minimum Gasteiger partial charge on any atom is -0.496 e. The van der Waals surface area contributed by atoms with Crippen molar-refractivity contribution in [3.8, 4) is 17.2 Å². The van der Waals surface area contributed by atoms with Gasteiger partial charge in [-0.05, 0) is 48.9 Å². The van der Waals surface area contributed by atoms with Crippen molar-refractivity contribution < 1.29 is 28.6 Å². The van der Waals surface area contributed by atoms with Gasteiger partial charge in [-0.15, -0.1) is 0 Å². The molecule has 1 aliphatic rings. The number of thioether (sulfide) groups is 1. The SMILES string of the molecule is COc1cc(OC)c(OC)cc1/C=C1/SC(=O)N(CC(=O)Nc2c(C)cccc2C)C1=O. The fourth-order valence-corrected chi connectivity index (χ4v) is 4.11. The van der Waals surface area contributed by atoms with Crippen LogP contribution in [0, 0.1) is 13.8 Å². The molecule has 0 unspecified atom stereocenters. The third kappa shape index (κ3) is 4.72. The summed E-state index contributed by atoms with van der Waals surface area (Å²) in [5.41, 5.74) is 3.01. The number of benzene rings is 2. The fraction of sp³-hybridized carbons (Fsp3) is 0.261. The van der Waals surface area contributed by atoms with Crippen LogP contribution in [0.25, 0.3) is 6.08 Å². The largest absolute Gasteiger partial charge is 0.496 e. The number of para-hydroxylation sites is 1. The fourth-order valence-electron chi connectivity index (χ4n) is 3.28. The molecule has 2 aromatic carbocycles. The number of hydrogen-bond donors (Lipinski definition) is 1. The van der Waals surface area contributed by atoms with Crippen LogP contribution in [0.1, 0.15) is 16.7 Å². The molecule has 3 amide bonds. The van der Waals surface area contributed by atoms with Crippen LogP contribution < -0.4 is 19.5 Å². The molecule has 1 saturated heterocycles. The van der Waals surface area contributed by atoms with E-state index in [-0.39, 0.29) is 11.4 Å². The van der Waals surface area contributed by atoms with Gasteiger partial charge in [0.05, 0.1) is 26.2 Å². The highest BCUT2D eigenvalue weighted by molar-refractivity contribution is 8.18. The standard InChI is InChI=1S/C23H24N2O6S/c1-13-7-6-8-14(2)21(13)24-20(26)12-25-22(27)19(32-23(25)28)10-15-9-17(30-4)18(31-5)11-16(15)29-3/h6-11H,12H2,1-5H3,(H,24,26)/b19-10+. The molecule has 0 bridgehead atoms. The van der Waals surface area contributed by atoms with Crippen molar-refractivity contribution in [3.63, 3.8) is 0 Å². The van der Waals surface area contributed by atoms with Gasteiger partial charge in [-0.3, -0.25) is 19.3 Å². The number of anilines is 1. The lowest BCUT2D eigenvalue weighted by Crippen LogP contribution is -2.36. The molecular formula is C23H24N2O6S. The number of nitrogens with zero attached hydrogens (tertiary/aromatic N) is 1. The Kier molecular flexibility index (Phi) is 7.09. The first kappa shape index (κ1) is 23.2.